The molecule has 0 saturated heterocycles. The van der Waals surface area contributed by atoms with Gasteiger partial charge in [0.1, 0.15) is 0 Å². The fourth-order valence-electron chi connectivity index (χ4n) is 3.92. The van der Waals surface area contributed by atoms with Gasteiger partial charge in [0.2, 0.25) is 0 Å². The summed E-state index contributed by atoms with van der Waals surface area (Å²) in [6, 6.07) is 10.2. The second-order valence-corrected chi connectivity index (χ2v) is 7.85. The summed E-state index contributed by atoms with van der Waals surface area (Å²) >= 11 is 2.04. The van der Waals surface area contributed by atoms with Crippen LogP contribution in [0.5, 0.6) is 0 Å². The van der Waals surface area contributed by atoms with Gasteiger partial charge in [-0.15, -0.1) is 0 Å². The molecule has 2 heteroatoms. The lowest BCUT2D eigenvalue weighted by Gasteiger charge is -2.33. The van der Waals surface area contributed by atoms with Crippen molar-refractivity contribution in [2.45, 2.75) is 56.9 Å². The third-order valence-electron chi connectivity index (χ3n) is 4.93. The van der Waals surface area contributed by atoms with Crippen LogP contribution in [0.3, 0.4) is 0 Å². The van der Waals surface area contributed by atoms with Gasteiger partial charge in [0, 0.05) is 17.3 Å². The fourth-order valence-corrected chi connectivity index (χ4v) is 4.86. The summed E-state index contributed by atoms with van der Waals surface area (Å²) in [7, 11) is 0. The predicted octanol–water partition coefficient (Wildman–Crippen LogP) is 4.18. The Labute approximate surface area is 121 Å². The van der Waals surface area contributed by atoms with Crippen LogP contribution < -0.4 is 5.32 Å². The van der Waals surface area contributed by atoms with Crippen LogP contribution in [-0.4, -0.2) is 17.5 Å². The van der Waals surface area contributed by atoms with Crippen LogP contribution in [0.25, 0.3) is 0 Å². The molecule has 0 aliphatic heterocycles. The molecular formula is C17H25NS. The zero-order chi connectivity index (χ0) is 13.5. The largest absolute Gasteiger partial charge is 0.306 e. The minimum atomic E-state index is 0.342. The minimum Gasteiger partial charge on any atom is -0.306 e. The van der Waals surface area contributed by atoms with Crippen molar-refractivity contribution in [1.29, 1.82) is 0 Å². The Bertz CT molecular complexity index is 454. The number of hydrogen-bond donors (Lipinski definition) is 1. The molecule has 2 aliphatic rings. The average molecular weight is 275 g/mol. The van der Waals surface area contributed by atoms with Crippen LogP contribution in [0.2, 0.25) is 0 Å². The highest BCUT2D eigenvalue weighted by atomic mass is 32.2. The van der Waals surface area contributed by atoms with E-state index in [4.69, 9.17) is 0 Å². The highest BCUT2D eigenvalue weighted by Crippen LogP contribution is 2.46. The van der Waals surface area contributed by atoms with Crippen molar-refractivity contribution in [3.05, 3.63) is 35.4 Å². The van der Waals surface area contributed by atoms with E-state index in [1.807, 2.05) is 11.8 Å². The number of thioether (sulfide) groups is 1. The smallest absolute Gasteiger partial charge is 0.0380 e. The van der Waals surface area contributed by atoms with Crippen molar-refractivity contribution in [2.75, 3.05) is 6.26 Å². The Kier molecular flexibility index (Phi) is 3.65. The molecule has 0 spiro atoms. The van der Waals surface area contributed by atoms with Crippen LogP contribution in [0.15, 0.2) is 24.3 Å². The molecule has 3 unspecified atom stereocenters. The molecule has 1 fully saturated rings. The SMILES string of the molecule is CSC1CCCC1NC1c2ccccc2CC1(C)C. The first-order valence-electron chi connectivity index (χ1n) is 7.48. The Morgan fingerprint density at radius 3 is 2.79 bits per heavy atom. The molecule has 1 saturated carbocycles. The number of rotatable bonds is 3. The average Bonchev–Trinajstić information content (AvgIpc) is 2.92. The van der Waals surface area contributed by atoms with Crippen molar-refractivity contribution in [3.8, 4) is 0 Å². The summed E-state index contributed by atoms with van der Waals surface area (Å²) in [5.41, 5.74) is 3.43. The van der Waals surface area contributed by atoms with Gasteiger partial charge in [0.15, 0.2) is 0 Å². The van der Waals surface area contributed by atoms with Gasteiger partial charge in [0.25, 0.3) is 0 Å². The molecule has 1 aromatic rings. The number of hydrogen-bond acceptors (Lipinski definition) is 2. The molecule has 3 rings (SSSR count). The molecule has 0 amide bonds. The second kappa shape index (κ2) is 5.14. The van der Waals surface area contributed by atoms with Gasteiger partial charge in [-0.05, 0) is 42.1 Å². The molecule has 2 aliphatic carbocycles. The fraction of sp³-hybridized carbons (Fsp3) is 0.647. The minimum absolute atomic E-state index is 0.342. The van der Waals surface area contributed by atoms with Gasteiger partial charge in [-0.1, -0.05) is 44.5 Å². The normalized spacial score (nSPS) is 32.5. The highest BCUT2D eigenvalue weighted by Gasteiger charge is 2.41. The van der Waals surface area contributed by atoms with Crippen molar-refractivity contribution in [3.63, 3.8) is 0 Å². The number of fused-ring (bicyclic) bond motifs is 1. The van der Waals surface area contributed by atoms with E-state index in [0.29, 0.717) is 17.5 Å². The topological polar surface area (TPSA) is 12.0 Å². The van der Waals surface area contributed by atoms with Crippen LogP contribution in [-0.2, 0) is 6.42 Å². The Morgan fingerprint density at radius 1 is 1.21 bits per heavy atom. The van der Waals surface area contributed by atoms with Gasteiger partial charge in [0.05, 0.1) is 0 Å². The zero-order valence-electron chi connectivity index (χ0n) is 12.3. The molecule has 0 heterocycles. The lowest BCUT2D eigenvalue weighted by atomic mass is 9.85. The van der Waals surface area contributed by atoms with Crippen molar-refractivity contribution < 1.29 is 0 Å². The molecule has 104 valence electrons. The maximum atomic E-state index is 4.00. The Balaban J connectivity index is 1.83. The first-order chi connectivity index (χ1) is 9.12. The van der Waals surface area contributed by atoms with Crippen LogP contribution in [0.4, 0.5) is 0 Å². The summed E-state index contributed by atoms with van der Waals surface area (Å²) in [6.45, 7) is 4.82. The van der Waals surface area contributed by atoms with Crippen LogP contribution >= 0.6 is 11.8 Å². The van der Waals surface area contributed by atoms with Gasteiger partial charge in [-0.2, -0.15) is 11.8 Å². The Morgan fingerprint density at radius 2 is 2.00 bits per heavy atom. The number of nitrogens with one attached hydrogen (secondary N) is 1. The molecule has 0 radical (unpaired) electrons. The van der Waals surface area contributed by atoms with Gasteiger partial charge < -0.3 is 5.32 Å². The van der Waals surface area contributed by atoms with E-state index < -0.39 is 0 Å². The van der Waals surface area contributed by atoms with E-state index in [0.717, 1.165) is 5.25 Å². The summed E-state index contributed by atoms with van der Waals surface area (Å²) < 4.78 is 0. The van der Waals surface area contributed by atoms with E-state index in [1.165, 1.54) is 25.7 Å². The molecular weight excluding hydrogens is 250 g/mol. The van der Waals surface area contributed by atoms with Crippen molar-refractivity contribution >= 4 is 11.8 Å². The first-order valence-corrected chi connectivity index (χ1v) is 8.77. The lowest BCUT2D eigenvalue weighted by molar-refractivity contribution is 0.249. The van der Waals surface area contributed by atoms with Crippen molar-refractivity contribution in [2.24, 2.45) is 5.41 Å². The van der Waals surface area contributed by atoms with E-state index in [1.54, 1.807) is 11.1 Å². The Hall–Kier alpha value is -0.470. The predicted molar refractivity (Wildman–Crippen MR) is 84.7 cm³/mol. The van der Waals surface area contributed by atoms with E-state index in [9.17, 15) is 0 Å². The quantitative estimate of drug-likeness (QED) is 0.888. The maximum Gasteiger partial charge on any atom is 0.0380 e. The molecule has 1 N–H and O–H groups in total. The third kappa shape index (κ3) is 2.45. The molecule has 0 bridgehead atoms. The van der Waals surface area contributed by atoms with Crippen LogP contribution in [0, 0.1) is 5.41 Å². The molecule has 1 aromatic carbocycles. The van der Waals surface area contributed by atoms with E-state index in [-0.39, 0.29) is 0 Å². The van der Waals surface area contributed by atoms with E-state index >= 15 is 0 Å². The van der Waals surface area contributed by atoms with Gasteiger partial charge in [-0.3, -0.25) is 0 Å². The summed E-state index contributed by atoms with van der Waals surface area (Å²) in [5, 5.41) is 4.81. The maximum absolute atomic E-state index is 4.00. The monoisotopic (exact) mass is 275 g/mol. The molecule has 3 atom stereocenters. The van der Waals surface area contributed by atoms with Gasteiger partial charge >= 0.3 is 0 Å². The van der Waals surface area contributed by atoms with E-state index in [2.05, 4.69) is 49.7 Å². The summed E-state index contributed by atoms with van der Waals surface area (Å²) in [6.07, 6.45) is 7.59. The lowest BCUT2D eigenvalue weighted by Crippen LogP contribution is -2.41. The standard InChI is InChI=1S/C17H25NS/c1-17(2)11-12-7-4-5-8-13(12)16(17)18-14-9-6-10-15(14)19-3/h4-5,7-8,14-16,18H,6,9-11H2,1-3H3. The third-order valence-corrected chi connectivity index (χ3v) is 6.10. The van der Waals surface area contributed by atoms with Crippen LogP contribution in [0.1, 0.15) is 50.3 Å². The zero-order valence-corrected chi connectivity index (χ0v) is 13.1. The highest BCUT2D eigenvalue weighted by molar-refractivity contribution is 7.99. The number of benzene rings is 1. The first kappa shape index (κ1) is 13.5. The second-order valence-electron chi connectivity index (χ2n) is 6.78. The molecule has 1 nitrogen and oxygen atoms in total. The summed E-state index contributed by atoms with van der Waals surface area (Å²) in [4.78, 5) is 0. The summed E-state index contributed by atoms with van der Waals surface area (Å²) in [5.74, 6) is 0. The molecule has 19 heavy (non-hydrogen) atoms. The van der Waals surface area contributed by atoms with Crippen molar-refractivity contribution in [1.82, 2.24) is 5.32 Å². The van der Waals surface area contributed by atoms with Gasteiger partial charge in [-0.25, -0.2) is 0 Å². The molecule has 0 aromatic heterocycles.